The van der Waals surface area contributed by atoms with Gasteiger partial charge in [0.2, 0.25) is 0 Å². The lowest BCUT2D eigenvalue weighted by atomic mass is 10.2. The second kappa shape index (κ2) is 13.3. The number of aryl methyl sites for hydroxylation is 2. The largest absolute Gasteiger partial charge is 0.495 e. The van der Waals surface area contributed by atoms with Gasteiger partial charge < -0.3 is 15.2 Å². The van der Waals surface area contributed by atoms with E-state index < -0.39 is 30.0 Å². The molecule has 0 aromatic heterocycles. The molecule has 234 valence electrons. The van der Waals surface area contributed by atoms with Gasteiger partial charge in [0.15, 0.2) is 0 Å². The van der Waals surface area contributed by atoms with E-state index in [2.05, 4.69) is 30.7 Å². The molecule has 0 spiro atoms. The van der Waals surface area contributed by atoms with E-state index in [4.69, 9.17) is 15.2 Å². The molecule has 0 saturated heterocycles. The highest BCUT2D eigenvalue weighted by Crippen LogP contribution is 2.38. The number of benzene rings is 4. The fraction of sp³-hybridized carbons (Fsp3) is 0.143. The van der Waals surface area contributed by atoms with Crippen LogP contribution in [-0.2, 0) is 20.2 Å². The number of hydrogen-bond acceptors (Lipinski definition) is 13. The molecule has 0 saturated carbocycles. The molecule has 17 heteroatoms. The van der Waals surface area contributed by atoms with E-state index in [-0.39, 0.29) is 5.69 Å². The lowest BCUT2D eigenvalue weighted by Crippen LogP contribution is -2.03. The van der Waals surface area contributed by atoms with E-state index in [0.717, 1.165) is 17.7 Å². The minimum Gasteiger partial charge on any atom is -0.495 e. The third kappa shape index (κ3) is 8.09. The monoisotopic (exact) mass is 653 g/mol. The maximum atomic E-state index is 11.8. The Morgan fingerprint density at radius 3 is 1.56 bits per heavy atom. The molecule has 0 amide bonds. The van der Waals surface area contributed by atoms with Crippen molar-refractivity contribution in [3.05, 3.63) is 77.9 Å². The number of anilines is 1. The van der Waals surface area contributed by atoms with Crippen molar-refractivity contribution in [2.24, 2.45) is 30.7 Å². The van der Waals surface area contributed by atoms with Crippen molar-refractivity contribution in [2.45, 2.75) is 23.6 Å². The average Bonchev–Trinajstić information content (AvgIpc) is 2.98. The molecule has 0 atom stereocenters. The van der Waals surface area contributed by atoms with Crippen LogP contribution in [0.5, 0.6) is 11.5 Å². The first-order valence-electron chi connectivity index (χ1n) is 12.8. The van der Waals surface area contributed by atoms with Gasteiger partial charge in [0.05, 0.1) is 47.6 Å². The Balaban J connectivity index is 1.52. The maximum absolute atomic E-state index is 11.8. The molecule has 0 aliphatic carbocycles. The Labute approximate surface area is 258 Å². The highest BCUT2D eigenvalue weighted by Gasteiger charge is 2.20. The smallest absolute Gasteiger partial charge is 0.296 e. The van der Waals surface area contributed by atoms with Crippen molar-refractivity contribution in [2.75, 3.05) is 20.0 Å². The fourth-order valence-corrected chi connectivity index (χ4v) is 5.12. The first kappa shape index (κ1) is 32.8. The van der Waals surface area contributed by atoms with E-state index in [9.17, 15) is 25.9 Å². The molecular weight excluding hydrogens is 626 g/mol. The van der Waals surface area contributed by atoms with Gasteiger partial charge in [-0.3, -0.25) is 9.11 Å². The van der Waals surface area contributed by atoms with Crippen molar-refractivity contribution in [1.29, 1.82) is 0 Å². The summed E-state index contributed by atoms with van der Waals surface area (Å²) in [7, 11) is -6.60. The van der Waals surface area contributed by atoms with Crippen molar-refractivity contribution < 1.29 is 35.4 Å². The number of nitrogens with zero attached hydrogens (tertiary/aromatic N) is 6. The SMILES string of the molecule is COc1cc(N=Nc2ccc(N=Nc3ccc(N=Nc4ccc(S(=O)(=O)O)cc4S(=O)(=O)O)c(C)c3)c(C)c2)c(OC)cc1N. The maximum Gasteiger partial charge on any atom is 0.296 e. The third-order valence-electron chi connectivity index (χ3n) is 6.21. The van der Waals surface area contributed by atoms with Crippen LogP contribution in [0.3, 0.4) is 0 Å². The predicted molar refractivity (Wildman–Crippen MR) is 165 cm³/mol. The summed E-state index contributed by atoms with van der Waals surface area (Å²) < 4.78 is 75.5. The molecule has 0 aliphatic rings. The van der Waals surface area contributed by atoms with Gasteiger partial charge >= 0.3 is 0 Å². The molecule has 4 aromatic carbocycles. The minimum atomic E-state index is -4.88. The summed E-state index contributed by atoms with van der Waals surface area (Å²) in [4.78, 5) is -1.56. The van der Waals surface area contributed by atoms with E-state index in [1.54, 1.807) is 55.5 Å². The number of nitrogens with two attached hydrogens (primary N) is 1. The quantitative estimate of drug-likeness (QED) is 0.0866. The molecule has 0 bridgehead atoms. The van der Waals surface area contributed by atoms with E-state index in [1.807, 2.05) is 6.92 Å². The lowest BCUT2D eigenvalue weighted by molar-refractivity contribution is 0.406. The molecular formula is C28H27N7O8S2. The van der Waals surface area contributed by atoms with Gasteiger partial charge in [-0.05, 0) is 79.6 Å². The first-order chi connectivity index (χ1) is 21.2. The standard InChI is InChI=1S/C28H27N7O8S2/c1-16-11-19(31-35-25-15-26(42-3)21(29)14-27(25)43-4)5-8-22(16)32-30-18-6-9-23(17(2)12-18)33-34-24-10-7-20(44(36,37)38)13-28(24)45(39,40)41/h5-15H,29H2,1-4H3,(H,36,37,38)(H,39,40,41). The number of hydrogen-bond donors (Lipinski definition) is 3. The second-order valence-corrected chi connectivity index (χ2v) is 12.2. The van der Waals surface area contributed by atoms with Crippen LogP contribution in [0.15, 0.2) is 107 Å². The molecule has 15 nitrogen and oxygen atoms in total. The summed E-state index contributed by atoms with van der Waals surface area (Å²) in [6.07, 6.45) is 0. The highest BCUT2D eigenvalue weighted by atomic mass is 32.2. The topological polar surface area (TPSA) is 227 Å². The van der Waals surface area contributed by atoms with Crippen LogP contribution in [0.25, 0.3) is 0 Å². The molecule has 0 fully saturated rings. The Morgan fingerprint density at radius 1 is 0.578 bits per heavy atom. The molecule has 0 aliphatic heterocycles. The number of rotatable bonds is 10. The summed E-state index contributed by atoms with van der Waals surface area (Å²) in [6.45, 7) is 3.56. The number of azo groups is 3. The summed E-state index contributed by atoms with van der Waals surface area (Å²) in [5.41, 5.74) is 9.84. The zero-order valence-electron chi connectivity index (χ0n) is 24.3. The van der Waals surface area contributed by atoms with E-state index in [1.165, 1.54) is 14.2 Å². The molecule has 4 aromatic rings. The van der Waals surface area contributed by atoms with Crippen molar-refractivity contribution in [3.63, 3.8) is 0 Å². The van der Waals surface area contributed by atoms with Crippen LogP contribution in [-0.4, -0.2) is 40.2 Å². The van der Waals surface area contributed by atoms with Gasteiger partial charge in [0.1, 0.15) is 27.8 Å². The number of nitrogen functional groups attached to an aromatic ring is 1. The van der Waals surface area contributed by atoms with Crippen LogP contribution in [0, 0.1) is 13.8 Å². The Kier molecular flexibility index (Phi) is 9.67. The third-order valence-corrected chi connectivity index (χ3v) is 7.94. The molecule has 4 N–H and O–H groups in total. The van der Waals surface area contributed by atoms with Gasteiger partial charge in [-0.25, -0.2) is 0 Å². The van der Waals surface area contributed by atoms with Crippen LogP contribution >= 0.6 is 0 Å². The molecule has 0 radical (unpaired) electrons. The van der Waals surface area contributed by atoms with E-state index >= 15 is 0 Å². The zero-order valence-corrected chi connectivity index (χ0v) is 25.9. The van der Waals surface area contributed by atoms with Gasteiger partial charge in [-0.2, -0.15) is 37.3 Å². The van der Waals surface area contributed by atoms with Crippen molar-refractivity contribution >= 4 is 60.0 Å². The van der Waals surface area contributed by atoms with Gasteiger partial charge in [0.25, 0.3) is 20.2 Å². The zero-order chi connectivity index (χ0) is 32.9. The Hall–Kier alpha value is -5.10. The van der Waals surface area contributed by atoms with Crippen molar-refractivity contribution in [3.8, 4) is 11.5 Å². The van der Waals surface area contributed by atoms with Gasteiger partial charge in [-0.1, -0.05) is 0 Å². The Morgan fingerprint density at radius 2 is 1.07 bits per heavy atom. The van der Waals surface area contributed by atoms with Gasteiger partial charge in [0, 0.05) is 12.1 Å². The number of methoxy groups -OCH3 is 2. The fourth-order valence-electron chi connectivity index (χ4n) is 3.89. The van der Waals surface area contributed by atoms with Crippen molar-refractivity contribution in [1.82, 2.24) is 0 Å². The van der Waals surface area contributed by atoms with Crippen LogP contribution in [0.2, 0.25) is 0 Å². The summed E-state index contributed by atoms with van der Waals surface area (Å²) >= 11 is 0. The predicted octanol–water partition coefficient (Wildman–Crippen LogP) is 7.64. The summed E-state index contributed by atoms with van der Waals surface area (Å²) in [5, 5.41) is 25.0. The number of ether oxygens (including phenoxy) is 2. The lowest BCUT2D eigenvalue weighted by Gasteiger charge is -2.09. The molecule has 0 unspecified atom stereocenters. The van der Waals surface area contributed by atoms with Gasteiger partial charge in [-0.15, -0.1) is 10.2 Å². The first-order valence-corrected chi connectivity index (χ1v) is 15.6. The normalized spacial score (nSPS) is 12.4. The Bertz CT molecular complexity index is 2080. The summed E-state index contributed by atoms with van der Waals surface area (Å²) in [6, 6.07) is 15.9. The highest BCUT2D eigenvalue weighted by molar-refractivity contribution is 7.86. The minimum absolute atomic E-state index is 0.334. The second-order valence-electron chi connectivity index (χ2n) is 9.39. The average molecular weight is 654 g/mol. The van der Waals surface area contributed by atoms with Crippen LogP contribution in [0.1, 0.15) is 11.1 Å². The van der Waals surface area contributed by atoms with Crippen LogP contribution in [0.4, 0.5) is 39.8 Å². The van der Waals surface area contributed by atoms with E-state index in [0.29, 0.717) is 57.3 Å². The molecule has 4 rings (SSSR count). The molecule has 45 heavy (non-hydrogen) atoms. The van der Waals surface area contributed by atoms with Crippen LogP contribution < -0.4 is 15.2 Å². The summed E-state index contributed by atoms with van der Waals surface area (Å²) in [5.74, 6) is 0.890. The molecule has 0 heterocycles.